The summed E-state index contributed by atoms with van der Waals surface area (Å²) in [5.74, 6) is 0.0502. The number of halogens is 1. The first-order chi connectivity index (χ1) is 14.5. The van der Waals surface area contributed by atoms with Gasteiger partial charge in [-0.1, -0.05) is 35.9 Å². The third kappa shape index (κ3) is 5.19. The zero-order chi connectivity index (χ0) is 21.5. The Morgan fingerprint density at radius 2 is 1.90 bits per heavy atom. The van der Waals surface area contributed by atoms with E-state index in [-0.39, 0.29) is 17.1 Å². The van der Waals surface area contributed by atoms with E-state index < -0.39 is 10.8 Å². The molecule has 148 valence electrons. The summed E-state index contributed by atoms with van der Waals surface area (Å²) >= 11 is 6.01. The average Bonchev–Trinajstić information content (AvgIpc) is 2.75. The summed E-state index contributed by atoms with van der Waals surface area (Å²) < 4.78 is 5.53. The fourth-order valence-corrected chi connectivity index (χ4v) is 2.54. The summed E-state index contributed by atoms with van der Waals surface area (Å²) in [4.78, 5) is 26.3. The SMILES string of the molecule is N#C/C(=C/c1ccc(Oc2ccc([N+](=O)[O-])cn2)cc1)C(=O)Nc1ccccc1Cl. The van der Waals surface area contributed by atoms with E-state index in [9.17, 15) is 20.2 Å². The molecule has 1 N–H and O–H groups in total. The monoisotopic (exact) mass is 420 g/mol. The van der Waals surface area contributed by atoms with Gasteiger partial charge in [-0.15, -0.1) is 0 Å². The normalized spacial score (nSPS) is 10.7. The predicted octanol–water partition coefficient (Wildman–Crippen LogP) is 4.98. The van der Waals surface area contributed by atoms with E-state index in [0.29, 0.717) is 22.0 Å². The van der Waals surface area contributed by atoms with E-state index in [1.165, 1.54) is 18.2 Å². The number of carbonyl (C=O) groups excluding carboxylic acids is 1. The quantitative estimate of drug-likeness (QED) is 0.260. The first-order valence-corrected chi connectivity index (χ1v) is 8.90. The Morgan fingerprint density at radius 1 is 1.17 bits per heavy atom. The summed E-state index contributed by atoms with van der Waals surface area (Å²) in [5.41, 5.74) is 0.775. The zero-order valence-corrected chi connectivity index (χ0v) is 16.0. The Bertz CT molecular complexity index is 1150. The van der Waals surface area contributed by atoms with Gasteiger partial charge in [0.25, 0.3) is 11.6 Å². The van der Waals surface area contributed by atoms with Crippen LogP contribution in [0.4, 0.5) is 11.4 Å². The number of benzene rings is 2. The molecular formula is C21H13ClN4O4. The van der Waals surface area contributed by atoms with E-state index in [4.69, 9.17) is 16.3 Å². The van der Waals surface area contributed by atoms with E-state index >= 15 is 0 Å². The molecule has 0 saturated carbocycles. The minimum Gasteiger partial charge on any atom is -0.439 e. The maximum absolute atomic E-state index is 12.3. The van der Waals surface area contributed by atoms with E-state index in [1.54, 1.807) is 48.5 Å². The number of nitriles is 1. The van der Waals surface area contributed by atoms with Gasteiger partial charge in [0.1, 0.15) is 23.6 Å². The van der Waals surface area contributed by atoms with Crippen molar-refractivity contribution in [1.82, 2.24) is 4.98 Å². The molecule has 9 heteroatoms. The van der Waals surface area contributed by atoms with Crippen molar-refractivity contribution >= 4 is 35.0 Å². The lowest BCUT2D eigenvalue weighted by Gasteiger charge is -2.06. The van der Waals surface area contributed by atoms with Crippen LogP contribution in [0.1, 0.15) is 5.56 Å². The van der Waals surface area contributed by atoms with Crippen molar-refractivity contribution in [1.29, 1.82) is 5.26 Å². The lowest BCUT2D eigenvalue weighted by atomic mass is 10.1. The third-order valence-corrected chi connectivity index (χ3v) is 4.16. The van der Waals surface area contributed by atoms with Crippen molar-refractivity contribution < 1.29 is 14.5 Å². The van der Waals surface area contributed by atoms with Crippen molar-refractivity contribution in [3.8, 4) is 17.7 Å². The smallest absolute Gasteiger partial charge is 0.287 e. The van der Waals surface area contributed by atoms with Gasteiger partial charge in [-0.25, -0.2) is 4.98 Å². The number of carbonyl (C=O) groups is 1. The Morgan fingerprint density at radius 3 is 2.50 bits per heavy atom. The topological polar surface area (TPSA) is 118 Å². The van der Waals surface area contributed by atoms with Gasteiger partial charge in [0.15, 0.2) is 0 Å². The molecular weight excluding hydrogens is 408 g/mol. The second-order valence-corrected chi connectivity index (χ2v) is 6.29. The average molecular weight is 421 g/mol. The minimum absolute atomic E-state index is 0.0966. The molecule has 2 aromatic carbocycles. The highest BCUT2D eigenvalue weighted by atomic mass is 35.5. The molecule has 0 bridgehead atoms. The fourth-order valence-electron chi connectivity index (χ4n) is 2.36. The van der Waals surface area contributed by atoms with Crippen molar-refractivity contribution in [2.45, 2.75) is 0 Å². The molecule has 0 aliphatic carbocycles. The van der Waals surface area contributed by atoms with Crippen LogP contribution >= 0.6 is 11.6 Å². The molecule has 1 heterocycles. The summed E-state index contributed by atoms with van der Waals surface area (Å²) in [6.07, 6.45) is 2.53. The van der Waals surface area contributed by atoms with Crippen molar-refractivity contribution in [3.63, 3.8) is 0 Å². The Hall–Kier alpha value is -4.22. The largest absolute Gasteiger partial charge is 0.439 e. The van der Waals surface area contributed by atoms with E-state index in [1.807, 2.05) is 6.07 Å². The minimum atomic E-state index is -0.582. The van der Waals surface area contributed by atoms with Crippen molar-refractivity contribution in [2.24, 2.45) is 0 Å². The highest BCUT2D eigenvalue weighted by molar-refractivity contribution is 6.34. The molecule has 8 nitrogen and oxygen atoms in total. The van der Waals surface area contributed by atoms with E-state index in [2.05, 4.69) is 10.3 Å². The molecule has 0 spiro atoms. The summed E-state index contributed by atoms with van der Waals surface area (Å²) in [6, 6.07) is 17.8. The van der Waals surface area contributed by atoms with Gasteiger partial charge in [-0.05, 0) is 35.9 Å². The number of aromatic nitrogens is 1. The number of hydrogen-bond acceptors (Lipinski definition) is 6. The molecule has 3 rings (SSSR count). The molecule has 0 fully saturated rings. The van der Waals surface area contributed by atoms with E-state index in [0.717, 1.165) is 6.20 Å². The van der Waals surface area contributed by atoms with Crippen LogP contribution in [0.2, 0.25) is 5.02 Å². The highest BCUT2D eigenvalue weighted by Crippen LogP contribution is 2.23. The number of pyridine rings is 1. The third-order valence-electron chi connectivity index (χ3n) is 3.83. The van der Waals surface area contributed by atoms with Gasteiger partial charge in [0.2, 0.25) is 5.88 Å². The van der Waals surface area contributed by atoms with Crippen molar-refractivity contribution in [3.05, 3.63) is 93.1 Å². The Balaban J connectivity index is 1.70. The van der Waals surface area contributed by atoms with Crippen LogP contribution in [0, 0.1) is 21.4 Å². The number of nitro groups is 1. The standard InChI is InChI=1S/C21H13ClN4O4/c22-18-3-1-2-4-19(18)25-21(27)15(12-23)11-14-5-8-17(9-6-14)30-20-10-7-16(13-24-20)26(28)29/h1-11,13H,(H,25,27)/b15-11-. The molecule has 0 aliphatic heterocycles. The molecule has 0 aliphatic rings. The molecule has 0 saturated heterocycles. The molecule has 0 atom stereocenters. The maximum atomic E-state index is 12.3. The van der Waals surface area contributed by atoms with Gasteiger partial charge >= 0.3 is 0 Å². The summed E-state index contributed by atoms with van der Waals surface area (Å²) in [7, 11) is 0. The Labute approximate surface area is 176 Å². The number of ether oxygens (including phenoxy) is 1. The number of amides is 1. The van der Waals surface area contributed by atoms with Crippen LogP contribution in [0.15, 0.2) is 72.4 Å². The number of nitrogens with zero attached hydrogens (tertiary/aromatic N) is 3. The first-order valence-electron chi connectivity index (χ1n) is 8.52. The van der Waals surface area contributed by atoms with Crippen LogP contribution in [-0.2, 0) is 4.79 Å². The number of rotatable bonds is 6. The van der Waals surface area contributed by atoms with Crippen LogP contribution in [0.3, 0.4) is 0 Å². The molecule has 0 unspecified atom stereocenters. The molecule has 1 amide bonds. The lowest BCUT2D eigenvalue weighted by Crippen LogP contribution is -2.13. The molecule has 3 aromatic rings. The second-order valence-electron chi connectivity index (χ2n) is 5.89. The summed E-state index contributed by atoms with van der Waals surface area (Å²) in [6.45, 7) is 0. The van der Waals surface area contributed by atoms with Gasteiger partial charge in [-0.2, -0.15) is 5.26 Å². The lowest BCUT2D eigenvalue weighted by molar-refractivity contribution is -0.385. The van der Waals surface area contributed by atoms with Gasteiger partial charge in [0, 0.05) is 12.1 Å². The van der Waals surface area contributed by atoms with Crippen LogP contribution < -0.4 is 10.1 Å². The molecule has 1 aromatic heterocycles. The fraction of sp³-hybridized carbons (Fsp3) is 0. The number of nitrogens with one attached hydrogen (secondary N) is 1. The number of para-hydroxylation sites is 1. The maximum Gasteiger partial charge on any atom is 0.287 e. The van der Waals surface area contributed by atoms with Crippen LogP contribution in [-0.4, -0.2) is 15.8 Å². The van der Waals surface area contributed by atoms with Gasteiger partial charge < -0.3 is 10.1 Å². The zero-order valence-electron chi connectivity index (χ0n) is 15.3. The molecule has 30 heavy (non-hydrogen) atoms. The summed E-state index contributed by atoms with van der Waals surface area (Å²) in [5, 5.41) is 22.9. The van der Waals surface area contributed by atoms with Gasteiger partial charge in [0.05, 0.1) is 15.6 Å². The Kier molecular flexibility index (Phi) is 6.37. The second kappa shape index (κ2) is 9.32. The highest BCUT2D eigenvalue weighted by Gasteiger charge is 2.11. The number of anilines is 1. The number of hydrogen-bond donors (Lipinski definition) is 1. The van der Waals surface area contributed by atoms with Crippen LogP contribution in [0.5, 0.6) is 11.6 Å². The van der Waals surface area contributed by atoms with Crippen LogP contribution in [0.25, 0.3) is 6.08 Å². The predicted molar refractivity (Wildman–Crippen MR) is 111 cm³/mol. The first kappa shape index (κ1) is 20.5. The van der Waals surface area contributed by atoms with Gasteiger partial charge in [-0.3, -0.25) is 14.9 Å². The van der Waals surface area contributed by atoms with Crippen molar-refractivity contribution in [2.75, 3.05) is 5.32 Å². The molecule has 0 radical (unpaired) electrons.